The number of rotatable bonds is 5. The fraction of sp³-hybridized carbons (Fsp3) is 0.545. The van der Waals surface area contributed by atoms with Gasteiger partial charge in [0.2, 0.25) is 0 Å². The van der Waals surface area contributed by atoms with Gasteiger partial charge in [0.1, 0.15) is 0 Å². The van der Waals surface area contributed by atoms with Gasteiger partial charge in [-0.25, -0.2) is 0 Å². The molecule has 96 valence electrons. The van der Waals surface area contributed by atoms with E-state index in [-0.39, 0.29) is 18.8 Å². The predicted molar refractivity (Wildman–Crippen MR) is 57.3 cm³/mol. The Morgan fingerprint density at radius 1 is 1.41 bits per heavy atom. The van der Waals surface area contributed by atoms with Crippen LogP contribution in [0.4, 0.5) is 13.2 Å². The lowest BCUT2D eigenvalue weighted by molar-refractivity contribution is -0.138. The molecule has 0 saturated heterocycles. The highest BCUT2D eigenvalue weighted by Gasteiger charge is 2.33. The molecule has 0 aliphatic heterocycles. The maximum absolute atomic E-state index is 12.7. The molecule has 17 heavy (non-hydrogen) atoms. The van der Waals surface area contributed by atoms with Crippen LogP contribution in [-0.2, 0) is 12.7 Å². The molecule has 0 unspecified atom stereocenters. The van der Waals surface area contributed by atoms with Crippen LogP contribution in [0.1, 0.15) is 18.2 Å². The van der Waals surface area contributed by atoms with Crippen LogP contribution < -0.4 is 0 Å². The van der Waals surface area contributed by atoms with E-state index in [9.17, 15) is 13.2 Å². The Morgan fingerprint density at radius 2 is 2.12 bits per heavy atom. The Labute approximate surface area is 97.9 Å². The van der Waals surface area contributed by atoms with Crippen LogP contribution in [0.5, 0.6) is 0 Å². The minimum atomic E-state index is -4.39. The zero-order chi connectivity index (χ0) is 12.9. The van der Waals surface area contributed by atoms with E-state index in [4.69, 9.17) is 5.11 Å². The van der Waals surface area contributed by atoms with Crippen molar-refractivity contribution >= 4 is 0 Å². The van der Waals surface area contributed by atoms with Crippen LogP contribution in [0.3, 0.4) is 0 Å². The van der Waals surface area contributed by atoms with Crippen LogP contribution in [0.15, 0.2) is 18.3 Å². The lowest BCUT2D eigenvalue weighted by Gasteiger charge is -2.20. The van der Waals surface area contributed by atoms with Crippen LogP contribution >= 0.6 is 0 Å². The Bertz CT molecular complexity index is 355. The number of aliphatic hydroxyl groups excluding tert-OH is 1. The molecule has 0 radical (unpaired) electrons. The van der Waals surface area contributed by atoms with E-state index >= 15 is 0 Å². The first-order valence-electron chi connectivity index (χ1n) is 5.33. The van der Waals surface area contributed by atoms with E-state index in [0.717, 1.165) is 6.07 Å². The fourth-order valence-electron chi connectivity index (χ4n) is 1.52. The molecule has 1 N–H and O–H groups in total. The molecule has 0 atom stereocenters. The lowest BCUT2D eigenvalue weighted by atomic mass is 10.1. The first-order chi connectivity index (χ1) is 7.99. The molecule has 0 amide bonds. The number of alkyl halides is 3. The molecule has 0 saturated carbocycles. The van der Waals surface area contributed by atoms with Crippen molar-refractivity contribution in [3.63, 3.8) is 0 Å². The van der Waals surface area contributed by atoms with Crippen molar-refractivity contribution in [3.8, 4) is 0 Å². The average molecular weight is 248 g/mol. The lowest BCUT2D eigenvalue weighted by Crippen LogP contribution is -2.28. The highest BCUT2D eigenvalue weighted by atomic mass is 19.4. The molecular weight excluding hydrogens is 233 g/mol. The van der Waals surface area contributed by atoms with E-state index in [2.05, 4.69) is 4.98 Å². The molecule has 1 heterocycles. The van der Waals surface area contributed by atoms with Gasteiger partial charge in [0, 0.05) is 19.3 Å². The van der Waals surface area contributed by atoms with Crippen molar-refractivity contribution in [2.45, 2.75) is 19.6 Å². The summed E-state index contributed by atoms with van der Waals surface area (Å²) >= 11 is 0. The fourth-order valence-corrected chi connectivity index (χ4v) is 1.52. The third kappa shape index (κ3) is 3.98. The second-order valence-electron chi connectivity index (χ2n) is 3.59. The van der Waals surface area contributed by atoms with Gasteiger partial charge in [0.05, 0.1) is 17.9 Å². The van der Waals surface area contributed by atoms with Crippen LogP contribution in [0.2, 0.25) is 0 Å². The maximum Gasteiger partial charge on any atom is 0.418 e. The van der Waals surface area contributed by atoms with Gasteiger partial charge in [-0.15, -0.1) is 0 Å². The van der Waals surface area contributed by atoms with Crippen LogP contribution in [0.25, 0.3) is 0 Å². The number of hydrogen-bond donors (Lipinski definition) is 1. The second kappa shape index (κ2) is 5.97. The average Bonchev–Trinajstić information content (AvgIpc) is 2.27. The summed E-state index contributed by atoms with van der Waals surface area (Å²) < 4.78 is 38.0. The summed E-state index contributed by atoms with van der Waals surface area (Å²) in [6, 6.07) is 2.30. The number of aromatic nitrogens is 1. The molecule has 6 heteroatoms. The maximum atomic E-state index is 12.7. The van der Waals surface area contributed by atoms with Crippen molar-refractivity contribution < 1.29 is 18.3 Å². The van der Waals surface area contributed by atoms with Gasteiger partial charge in [-0.3, -0.25) is 9.88 Å². The molecule has 1 aromatic heterocycles. The minimum absolute atomic E-state index is 0.00435. The molecule has 3 nitrogen and oxygen atoms in total. The summed E-state index contributed by atoms with van der Waals surface area (Å²) in [5.41, 5.74) is -0.716. The Morgan fingerprint density at radius 3 is 2.65 bits per heavy atom. The zero-order valence-electron chi connectivity index (χ0n) is 9.54. The van der Waals surface area contributed by atoms with Crippen LogP contribution in [0, 0.1) is 0 Å². The molecule has 0 bridgehead atoms. The van der Waals surface area contributed by atoms with E-state index in [1.54, 1.807) is 4.90 Å². The first-order valence-corrected chi connectivity index (χ1v) is 5.33. The minimum Gasteiger partial charge on any atom is -0.395 e. The van der Waals surface area contributed by atoms with Crippen molar-refractivity contribution in [2.75, 3.05) is 19.7 Å². The Hall–Kier alpha value is -1.14. The number of hydrogen-bond acceptors (Lipinski definition) is 3. The first kappa shape index (κ1) is 13.9. The van der Waals surface area contributed by atoms with E-state index in [0.29, 0.717) is 13.1 Å². The summed E-state index contributed by atoms with van der Waals surface area (Å²) in [4.78, 5) is 5.48. The molecule has 0 aliphatic carbocycles. The molecule has 0 aliphatic rings. The van der Waals surface area contributed by atoms with Gasteiger partial charge in [0.25, 0.3) is 0 Å². The molecule has 1 aromatic rings. The van der Waals surface area contributed by atoms with Crippen molar-refractivity contribution in [1.82, 2.24) is 9.88 Å². The summed E-state index contributed by atoms with van der Waals surface area (Å²) in [7, 11) is 0. The van der Waals surface area contributed by atoms with E-state index < -0.39 is 11.7 Å². The summed E-state index contributed by atoms with van der Waals surface area (Å²) in [5.74, 6) is 0. The topological polar surface area (TPSA) is 36.4 Å². The van der Waals surface area contributed by atoms with Gasteiger partial charge < -0.3 is 5.11 Å². The smallest absolute Gasteiger partial charge is 0.395 e. The standard InChI is InChI=1S/C11H15F3N2O/c1-2-16(6-7-17)8-10-9(11(12,13)14)4-3-5-15-10/h3-5,17H,2,6-8H2,1H3. The monoisotopic (exact) mass is 248 g/mol. The summed E-state index contributed by atoms with van der Waals surface area (Å²) in [6.07, 6.45) is -3.04. The van der Waals surface area contributed by atoms with E-state index in [1.807, 2.05) is 6.92 Å². The highest BCUT2D eigenvalue weighted by molar-refractivity contribution is 5.22. The summed E-state index contributed by atoms with van der Waals surface area (Å²) in [6.45, 7) is 2.74. The molecule has 0 aromatic carbocycles. The third-order valence-electron chi connectivity index (χ3n) is 2.43. The van der Waals surface area contributed by atoms with Gasteiger partial charge >= 0.3 is 6.18 Å². The van der Waals surface area contributed by atoms with Gasteiger partial charge in [-0.2, -0.15) is 13.2 Å². The number of aliphatic hydroxyl groups is 1. The number of halogens is 3. The number of nitrogens with zero attached hydrogens (tertiary/aromatic N) is 2. The molecule has 0 fully saturated rings. The molecular formula is C11H15F3N2O. The third-order valence-corrected chi connectivity index (χ3v) is 2.43. The van der Waals surface area contributed by atoms with E-state index in [1.165, 1.54) is 12.3 Å². The second-order valence-corrected chi connectivity index (χ2v) is 3.59. The quantitative estimate of drug-likeness (QED) is 0.864. The SMILES string of the molecule is CCN(CCO)Cc1ncccc1C(F)(F)F. The van der Waals surface area contributed by atoms with Gasteiger partial charge in [-0.05, 0) is 18.7 Å². The van der Waals surface area contributed by atoms with Crippen LogP contribution in [-0.4, -0.2) is 34.7 Å². The molecule has 0 spiro atoms. The number of pyridine rings is 1. The van der Waals surface area contributed by atoms with Crippen molar-refractivity contribution in [3.05, 3.63) is 29.6 Å². The summed E-state index contributed by atoms with van der Waals surface area (Å²) in [5, 5.41) is 8.79. The Kier molecular flexibility index (Phi) is 4.89. The predicted octanol–water partition coefficient (Wildman–Crippen LogP) is 1.91. The highest BCUT2D eigenvalue weighted by Crippen LogP contribution is 2.31. The Balaban J connectivity index is 2.90. The van der Waals surface area contributed by atoms with Crippen molar-refractivity contribution in [2.24, 2.45) is 0 Å². The largest absolute Gasteiger partial charge is 0.418 e. The normalized spacial score (nSPS) is 12.1. The van der Waals surface area contributed by atoms with Crippen molar-refractivity contribution in [1.29, 1.82) is 0 Å². The van der Waals surface area contributed by atoms with Gasteiger partial charge in [0.15, 0.2) is 0 Å². The zero-order valence-corrected chi connectivity index (χ0v) is 9.54. The number of likely N-dealkylation sites (N-methyl/N-ethyl adjacent to an activating group) is 1. The molecule has 1 rings (SSSR count). The van der Waals surface area contributed by atoms with Gasteiger partial charge in [-0.1, -0.05) is 6.92 Å².